The average Bonchev–Trinajstić information content (AvgIpc) is 2.62. The van der Waals surface area contributed by atoms with E-state index < -0.39 is 29.9 Å². The van der Waals surface area contributed by atoms with Gasteiger partial charge in [0.1, 0.15) is 6.10 Å². The van der Waals surface area contributed by atoms with E-state index in [0.29, 0.717) is 18.7 Å². The summed E-state index contributed by atoms with van der Waals surface area (Å²) >= 11 is 3.98. The molecule has 0 aromatic rings. The van der Waals surface area contributed by atoms with Gasteiger partial charge in [0, 0.05) is 50.6 Å². The lowest BCUT2D eigenvalue weighted by Gasteiger charge is -2.31. The van der Waals surface area contributed by atoms with Crippen LogP contribution in [0.1, 0.15) is 40.0 Å². The minimum absolute atomic E-state index is 0.0312. The van der Waals surface area contributed by atoms with E-state index in [1.165, 1.54) is 20.8 Å². The van der Waals surface area contributed by atoms with E-state index in [9.17, 15) is 29.4 Å². The molecule has 0 unspecified atom stereocenters. The number of hydrogen-bond acceptors (Lipinski definition) is 7. The number of aliphatic hydroxyl groups is 2. The number of imide groups is 1. The second-order valence-electron chi connectivity index (χ2n) is 6.84. The maximum Gasteiger partial charge on any atom is 0.258 e. The maximum atomic E-state index is 12.6. The van der Waals surface area contributed by atoms with Crippen LogP contribution in [-0.2, 0) is 19.2 Å². The van der Waals surface area contributed by atoms with Gasteiger partial charge in [-0.3, -0.25) is 24.1 Å². The van der Waals surface area contributed by atoms with Crippen LogP contribution in [0.4, 0.5) is 0 Å². The molecule has 4 N–H and O–H groups in total. The van der Waals surface area contributed by atoms with E-state index in [2.05, 4.69) is 23.3 Å². The van der Waals surface area contributed by atoms with Crippen LogP contribution in [-0.4, -0.2) is 76.8 Å². The van der Waals surface area contributed by atoms with Gasteiger partial charge in [-0.15, -0.1) is 0 Å². The van der Waals surface area contributed by atoms with Crippen molar-refractivity contribution in [2.24, 2.45) is 5.41 Å². The topological polar surface area (TPSA) is 136 Å². The normalized spacial score (nSPS) is 12.2. The van der Waals surface area contributed by atoms with Gasteiger partial charge in [-0.05, 0) is 6.42 Å². The fourth-order valence-corrected chi connectivity index (χ4v) is 2.17. The monoisotopic (exact) mass is 405 g/mol. The SMILES string of the molecule is CC(=O)NCCCC(=O)N(CCC(=O)NCCS)C(=O)[C@H](O)C(C)(C)CO. The van der Waals surface area contributed by atoms with Crippen LogP contribution < -0.4 is 10.6 Å². The van der Waals surface area contributed by atoms with Crippen LogP contribution in [0.2, 0.25) is 0 Å². The van der Waals surface area contributed by atoms with E-state index >= 15 is 0 Å². The van der Waals surface area contributed by atoms with Crippen molar-refractivity contribution >= 4 is 36.3 Å². The number of thiol groups is 1. The molecule has 0 saturated heterocycles. The molecule has 0 aliphatic rings. The van der Waals surface area contributed by atoms with Gasteiger partial charge in [-0.2, -0.15) is 12.6 Å². The first-order valence-corrected chi connectivity index (χ1v) is 9.45. The number of carbonyl (C=O) groups is 4. The zero-order valence-corrected chi connectivity index (χ0v) is 17.1. The highest BCUT2D eigenvalue weighted by Gasteiger charge is 2.37. The smallest absolute Gasteiger partial charge is 0.258 e. The Morgan fingerprint density at radius 1 is 1.11 bits per heavy atom. The first-order chi connectivity index (χ1) is 12.6. The largest absolute Gasteiger partial charge is 0.396 e. The van der Waals surface area contributed by atoms with E-state index in [0.717, 1.165) is 4.90 Å². The van der Waals surface area contributed by atoms with Gasteiger partial charge in [-0.25, -0.2) is 0 Å². The molecule has 0 heterocycles. The Balaban J connectivity index is 5.02. The van der Waals surface area contributed by atoms with Gasteiger partial charge in [-0.1, -0.05) is 13.8 Å². The highest BCUT2D eigenvalue weighted by atomic mass is 32.1. The summed E-state index contributed by atoms with van der Waals surface area (Å²) in [5.74, 6) is -1.53. The van der Waals surface area contributed by atoms with Gasteiger partial charge in [0.2, 0.25) is 17.7 Å². The van der Waals surface area contributed by atoms with E-state index in [1.807, 2.05) is 0 Å². The van der Waals surface area contributed by atoms with E-state index in [-0.39, 0.29) is 37.7 Å². The summed E-state index contributed by atoms with van der Waals surface area (Å²) in [7, 11) is 0. The standard InChI is InChI=1S/C17H31N3O6S/c1-12(22)18-7-4-5-14(24)20(9-6-13(23)19-8-10-27)16(26)15(25)17(2,3)11-21/h15,21,25,27H,4-11H2,1-3H3,(H,18,22)(H,19,23)/t15-/m0/s1. The average molecular weight is 406 g/mol. The van der Waals surface area contributed by atoms with Gasteiger partial charge in [0.15, 0.2) is 0 Å². The van der Waals surface area contributed by atoms with Crippen molar-refractivity contribution in [1.29, 1.82) is 0 Å². The Kier molecular flexibility index (Phi) is 11.9. The molecule has 156 valence electrons. The second-order valence-corrected chi connectivity index (χ2v) is 7.29. The zero-order chi connectivity index (χ0) is 21.0. The number of rotatable bonds is 12. The Hall–Kier alpha value is -1.65. The lowest BCUT2D eigenvalue weighted by molar-refractivity contribution is -0.156. The van der Waals surface area contributed by atoms with Crippen LogP contribution in [0.15, 0.2) is 0 Å². The number of hydrogen-bond donors (Lipinski definition) is 5. The van der Waals surface area contributed by atoms with Crippen molar-refractivity contribution in [2.45, 2.75) is 46.1 Å². The molecule has 0 aliphatic carbocycles. The van der Waals surface area contributed by atoms with Crippen LogP contribution >= 0.6 is 12.6 Å². The number of nitrogens with one attached hydrogen (secondary N) is 2. The van der Waals surface area contributed by atoms with Crippen molar-refractivity contribution in [3.05, 3.63) is 0 Å². The quantitative estimate of drug-likeness (QED) is 0.210. The molecule has 0 radical (unpaired) electrons. The summed E-state index contributed by atoms with van der Waals surface area (Å²) in [5, 5.41) is 24.7. The summed E-state index contributed by atoms with van der Waals surface area (Å²) < 4.78 is 0. The Morgan fingerprint density at radius 2 is 1.74 bits per heavy atom. The lowest BCUT2D eigenvalue weighted by Crippen LogP contribution is -2.50. The molecular formula is C17H31N3O6S. The minimum atomic E-state index is -1.60. The fourth-order valence-electron chi connectivity index (χ4n) is 2.06. The van der Waals surface area contributed by atoms with Crippen LogP contribution in [0, 0.1) is 5.41 Å². The Bertz CT molecular complexity index is 527. The predicted molar refractivity (Wildman–Crippen MR) is 103 cm³/mol. The molecule has 10 heteroatoms. The number of aliphatic hydroxyl groups excluding tert-OH is 2. The van der Waals surface area contributed by atoms with Crippen LogP contribution in [0.3, 0.4) is 0 Å². The third-order valence-electron chi connectivity index (χ3n) is 3.89. The molecule has 9 nitrogen and oxygen atoms in total. The van der Waals surface area contributed by atoms with Crippen molar-refractivity contribution in [3.8, 4) is 0 Å². The molecule has 0 aromatic carbocycles. The summed E-state index contributed by atoms with van der Waals surface area (Å²) in [5.41, 5.74) is -1.14. The highest BCUT2D eigenvalue weighted by molar-refractivity contribution is 7.80. The minimum Gasteiger partial charge on any atom is -0.396 e. The summed E-state index contributed by atoms with van der Waals surface area (Å²) in [6.45, 7) is 4.34. The zero-order valence-electron chi connectivity index (χ0n) is 16.2. The predicted octanol–water partition coefficient (Wildman–Crippen LogP) is -0.927. The lowest BCUT2D eigenvalue weighted by atomic mass is 9.86. The van der Waals surface area contributed by atoms with Gasteiger partial charge >= 0.3 is 0 Å². The molecule has 1 atom stereocenters. The second kappa shape index (κ2) is 12.7. The van der Waals surface area contributed by atoms with Gasteiger partial charge < -0.3 is 20.8 Å². The molecule has 0 fully saturated rings. The molecule has 0 saturated carbocycles. The van der Waals surface area contributed by atoms with Crippen molar-refractivity contribution in [1.82, 2.24) is 15.5 Å². The molecule has 27 heavy (non-hydrogen) atoms. The van der Waals surface area contributed by atoms with E-state index in [1.54, 1.807) is 0 Å². The number of carbonyl (C=O) groups excluding carboxylic acids is 4. The van der Waals surface area contributed by atoms with Crippen molar-refractivity contribution in [2.75, 3.05) is 32.0 Å². The molecule has 0 aliphatic heterocycles. The van der Waals surface area contributed by atoms with Gasteiger partial charge in [0.05, 0.1) is 6.61 Å². The third kappa shape index (κ3) is 9.73. The molecular weight excluding hydrogens is 374 g/mol. The van der Waals surface area contributed by atoms with Crippen molar-refractivity contribution < 1.29 is 29.4 Å². The molecule has 0 spiro atoms. The first kappa shape index (κ1) is 25.4. The number of amides is 4. The molecule has 0 aromatic heterocycles. The van der Waals surface area contributed by atoms with Crippen LogP contribution in [0.25, 0.3) is 0 Å². The first-order valence-electron chi connectivity index (χ1n) is 8.82. The third-order valence-corrected chi connectivity index (χ3v) is 4.11. The van der Waals surface area contributed by atoms with Crippen molar-refractivity contribution in [3.63, 3.8) is 0 Å². The summed E-state index contributed by atoms with van der Waals surface area (Å²) in [6, 6.07) is 0. The Labute approximate surface area is 165 Å². The number of nitrogens with zero attached hydrogens (tertiary/aromatic N) is 1. The van der Waals surface area contributed by atoms with E-state index in [4.69, 9.17) is 0 Å². The maximum absolute atomic E-state index is 12.6. The molecule has 4 amide bonds. The fraction of sp³-hybridized carbons (Fsp3) is 0.765. The summed E-state index contributed by atoms with van der Waals surface area (Å²) in [6.07, 6.45) is -1.42. The summed E-state index contributed by atoms with van der Waals surface area (Å²) in [4.78, 5) is 48.5. The Morgan fingerprint density at radius 3 is 2.26 bits per heavy atom. The highest BCUT2D eigenvalue weighted by Crippen LogP contribution is 2.22. The van der Waals surface area contributed by atoms with Crippen LogP contribution in [0.5, 0.6) is 0 Å². The molecule has 0 rings (SSSR count). The van der Waals surface area contributed by atoms with Gasteiger partial charge in [0.25, 0.3) is 5.91 Å². The molecule has 0 bridgehead atoms.